The maximum atomic E-state index is 9.24. The van der Waals surface area contributed by atoms with E-state index >= 15 is 0 Å². The van der Waals surface area contributed by atoms with Crippen LogP contribution in [0.5, 0.6) is 0 Å². The van der Waals surface area contributed by atoms with E-state index in [1.165, 1.54) is 12.8 Å². The van der Waals surface area contributed by atoms with E-state index in [-0.39, 0.29) is 19.3 Å². The lowest BCUT2D eigenvalue weighted by molar-refractivity contribution is 0.0164. The Bertz CT molecular complexity index is 374. The van der Waals surface area contributed by atoms with Crippen molar-refractivity contribution >= 4 is 0 Å². The standard InChI is InChI=1S/C10H20O4.C5H10O2.C5H10O.C3H6O2/c1-3-5-13-7-8-14-6-4-10(11)9-12-2;1-2-4-7-5-3-6;1-2-3-5-4-6-5;4-1-3-2-5-3/h3,10-11H,1,4-9H2,2H3;2,6H,1,3-5H2;5H,2-4H2,1H3;3-4H,1-2H2. The summed E-state index contributed by atoms with van der Waals surface area (Å²) in [7, 11) is 1.56. The van der Waals surface area contributed by atoms with Crippen LogP contribution in [0.1, 0.15) is 26.2 Å². The van der Waals surface area contributed by atoms with Gasteiger partial charge in [0.15, 0.2) is 0 Å². The van der Waals surface area contributed by atoms with E-state index in [0.29, 0.717) is 58.8 Å². The molecule has 0 amide bonds. The molecule has 2 rings (SSSR count). The molecule has 0 bridgehead atoms. The molecule has 0 spiro atoms. The summed E-state index contributed by atoms with van der Waals surface area (Å²) in [5, 5.41) is 25.5. The van der Waals surface area contributed by atoms with Crippen LogP contribution in [0.2, 0.25) is 0 Å². The minimum Gasteiger partial charge on any atom is -0.394 e. The highest BCUT2D eigenvalue weighted by Crippen LogP contribution is 2.14. The van der Waals surface area contributed by atoms with Crippen molar-refractivity contribution in [2.75, 3.05) is 79.8 Å². The number of methoxy groups -OCH3 is 1. The minimum atomic E-state index is -0.436. The normalized spacial score (nSPS) is 18.5. The molecule has 2 saturated heterocycles. The second-order valence-corrected chi connectivity index (χ2v) is 6.84. The number of ether oxygens (including phenoxy) is 6. The second-order valence-electron chi connectivity index (χ2n) is 6.84. The largest absolute Gasteiger partial charge is 0.394 e. The van der Waals surface area contributed by atoms with Gasteiger partial charge < -0.3 is 43.7 Å². The van der Waals surface area contributed by atoms with Crippen LogP contribution in [0.4, 0.5) is 0 Å². The molecule has 0 saturated carbocycles. The number of aliphatic hydroxyl groups is 3. The average molecular weight is 467 g/mol. The third-order valence-electron chi connectivity index (χ3n) is 3.65. The van der Waals surface area contributed by atoms with E-state index in [1.807, 2.05) is 0 Å². The Morgan fingerprint density at radius 1 is 0.938 bits per heavy atom. The predicted molar refractivity (Wildman–Crippen MR) is 124 cm³/mol. The summed E-state index contributed by atoms with van der Waals surface area (Å²) in [4.78, 5) is 0. The molecule has 0 aromatic heterocycles. The Hall–Kier alpha value is -0.880. The van der Waals surface area contributed by atoms with Crippen molar-refractivity contribution in [1.82, 2.24) is 0 Å². The molecule has 2 heterocycles. The molecule has 3 atom stereocenters. The first-order chi connectivity index (χ1) is 15.6. The van der Waals surface area contributed by atoms with Gasteiger partial charge in [0, 0.05) is 13.7 Å². The van der Waals surface area contributed by atoms with Gasteiger partial charge in [0.05, 0.1) is 78.3 Å². The lowest BCUT2D eigenvalue weighted by Gasteiger charge is -2.09. The predicted octanol–water partition coefficient (Wildman–Crippen LogP) is 1.35. The summed E-state index contributed by atoms with van der Waals surface area (Å²) in [6, 6.07) is 0. The molecular weight excluding hydrogens is 420 g/mol. The SMILES string of the molecule is C=CCOCCO.C=CCOCCOCCC(O)COC.CCCC1CO1.OCC1CO1. The van der Waals surface area contributed by atoms with Gasteiger partial charge in [0.2, 0.25) is 0 Å². The summed E-state index contributed by atoms with van der Waals surface area (Å²) in [5.74, 6) is 0. The van der Waals surface area contributed by atoms with Crippen molar-refractivity contribution in [3.05, 3.63) is 25.3 Å². The number of rotatable bonds is 17. The van der Waals surface area contributed by atoms with Gasteiger partial charge in [-0.25, -0.2) is 0 Å². The van der Waals surface area contributed by atoms with Gasteiger partial charge in [-0.1, -0.05) is 25.5 Å². The van der Waals surface area contributed by atoms with Crippen molar-refractivity contribution in [2.45, 2.75) is 44.5 Å². The molecule has 0 radical (unpaired) electrons. The second kappa shape index (κ2) is 28.2. The Morgan fingerprint density at radius 3 is 1.88 bits per heavy atom. The Balaban J connectivity index is 0. The summed E-state index contributed by atoms with van der Waals surface area (Å²) < 4.78 is 29.4. The van der Waals surface area contributed by atoms with E-state index in [9.17, 15) is 5.11 Å². The van der Waals surface area contributed by atoms with Crippen LogP contribution in [0, 0.1) is 0 Å². The van der Waals surface area contributed by atoms with Gasteiger partial charge in [-0.05, 0) is 12.8 Å². The highest BCUT2D eigenvalue weighted by molar-refractivity contribution is 4.66. The van der Waals surface area contributed by atoms with Crippen molar-refractivity contribution in [1.29, 1.82) is 0 Å². The number of aliphatic hydroxyl groups excluding tert-OH is 3. The molecule has 2 aliphatic rings. The molecule has 0 aromatic rings. The summed E-state index contributed by atoms with van der Waals surface area (Å²) >= 11 is 0. The average Bonchev–Trinajstić information content (AvgIpc) is 3.70. The van der Waals surface area contributed by atoms with E-state index in [0.717, 1.165) is 13.2 Å². The van der Waals surface area contributed by atoms with E-state index in [4.69, 9.17) is 33.9 Å². The Morgan fingerprint density at radius 2 is 1.50 bits per heavy atom. The van der Waals surface area contributed by atoms with Crippen molar-refractivity contribution in [3.63, 3.8) is 0 Å². The summed E-state index contributed by atoms with van der Waals surface area (Å²) in [6.45, 7) is 14.7. The first-order valence-corrected chi connectivity index (χ1v) is 11.2. The number of epoxide rings is 2. The fourth-order valence-electron chi connectivity index (χ4n) is 1.84. The first kappa shape index (κ1) is 33.3. The lowest BCUT2D eigenvalue weighted by Crippen LogP contribution is -2.17. The summed E-state index contributed by atoms with van der Waals surface area (Å²) in [6.07, 6.45) is 6.87. The molecular formula is C23H46O9. The van der Waals surface area contributed by atoms with Gasteiger partial charge in [-0.15, -0.1) is 13.2 Å². The van der Waals surface area contributed by atoms with E-state index in [1.54, 1.807) is 19.3 Å². The molecule has 3 unspecified atom stereocenters. The van der Waals surface area contributed by atoms with Crippen LogP contribution in [0.15, 0.2) is 25.3 Å². The first-order valence-electron chi connectivity index (χ1n) is 11.2. The van der Waals surface area contributed by atoms with Gasteiger partial charge in [-0.2, -0.15) is 0 Å². The molecule has 192 valence electrons. The van der Waals surface area contributed by atoms with Crippen LogP contribution in [0.3, 0.4) is 0 Å². The molecule has 32 heavy (non-hydrogen) atoms. The minimum absolute atomic E-state index is 0.0911. The molecule has 9 nitrogen and oxygen atoms in total. The highest BCUT2D eigenvalue weighted by Gasteiger charge is 2.20. The third kappa shape index (κ3) is 33.8. The zero-order chi connectivity index (χ0) is 24.3. The van der Waals surface area contributed by atoms with Crippen LogP contribution in [-0.4, -0.2) is 113 Å². The smallest absolute Gasteiger partial charge is 0.104 e. The quantitative estimate of drug-likeness (QED) is 0.166. The monoisotopic (exact) mass is 466 g/mol. The van der Waals surface area contributed by atoms with Gasteiger partial charge >= 0.3 is 0 Å². The van der Waals surface area contributed by atoms with Crippen molar-refractivity contribution in [3.8, 4) is 0 Å². The van der Waals surface area contributed by atoms with Gasteiger partial charge in [0.25, 0.3) is 0 Å². The maximum absolute atomic E-state index is 9.24. The number of hydrogen-bond acceptors (Lipinski definition) is 9. The van der Waals surface area contributed by atoms with Crippen molar-refractivity contribution in [2.24, 2.45) is 0 Å². The van der Waals surface area contributed by atoms with Gasteiger partial charge in [-0.3, -0.25) is 0 Å². The highest BCUT2D eigenvalue weighted by atomic mass is 16.6. The Kier molecular flexibility index (Phi) is 29.3. The zero-order valence-electron chi connectivity index (χ0n) is 20.0. The Labute approximate surface area is 193 Å². The van der Waals surface area contributed by atoms with Crippen LogP contribution in [-0.2, 0) is 28.4 Å². The van der Waals surface area contributed by atoms with Crippen LogP contribution >= 0.6 is 0 Å². The molecule has 2 aliphatic heterocycles. The topological polar surface area (TPSA) is 123 Å². The van der Waals surface area contributed by atoms with Crippen molar-refractivity contribution < 1.29 is 43.7 Å². The zero-order valence-corrected chi connectivity index (χ0v) is 20.0. The third-order valence-corrected chi connectivity index (χ3v) is 3.65. The molecule has 2 fully saturated rings. The summed E-state index contributed by atoms with van der Waals surface area (Å²) in [5.41, 5.74) is 0. The molecule has 0 aromatic carbocycles. The van der Waals surface area contributed by atoms with Crippen LogP contribution in [0.25, 0.3) is 0 Å². The molecule has 9 heteroatoms. The van der Waals surface area contributed by atoms with Gasteiger partial charge in [0.1, 0.15) is 6.10 Å². The van der Waals surface area contributed by atoms with E-state index < -0.39 is 6.10 Å². The number of hydrogen-bond donors (Lipinski definition) is 3. The fourth-order valence-corrected chi connectivity index (χ4v) is 1.84. The molecule has 3 N–H and O–H groups in total. The lowest BCUT2D eigenvalue weighted by atomic mass is 10.3. The molecule has 0 aliphatic carbocycles. The van der Waals surface area contributed by atoms with Crippen LogP contribution < -0.4 is 0 Å². The van der Waals surface area contributed by atoms with E-state index in [2.05, 4.69) is 24.8 Å². The fraction of sp³-hybridized carbons (Fsp3) is 0.826. The maximum Gasteiger partial charge on any atom is 0.104 e.